The van der Waals surface area contributed by atoms with Crippen molar-refractivity contribution in [1.82, 2.24) is 10.2 Å². The van der Waals surface area contributed by atoms with Crippen LogP contribution in [-0.2, 0) is 15.0 Å². The first kappa shape index (κ1) is 23.9. The summed E-state index contributed by atoms with van der Waals surface area (Å²) in [6, 6.07) is 5.58. The van der Waals surface area contributed by atoms with E-state index in [1.54, 1.807) is 35.7 Å². The Kier molecular flexibility index (Phi) is 5.51. The minimum Gasteiger partial charge on any atom is -0.384 e. The van der Waals surface area contributed by atoms with Crippen molar-refractivity contribution in [2.75, 3.05) is 16.0 Å². The molecule has 1 amide bonds. The number of fused-ring (bicyclic) bond motifs is 3. The smallest absolute Gasteiger partial charge is 0.245 e. The van der Waals surface area contributed by atoms with E-state index in [9.17, 15) is 14.9 Å². The third-order valence-corrected chi connectivity index (χ3v) is 9.05. The topological polar surface area (TPSA) is 125 Å². The molecule has 0 saturated heterocycles. The van der Waals surface area contributed by atoms with Crippen molar-refractivity contribution in [1.29, 1.82) is 5.26 Å². The molecule has 0 radical (unpaired) electrons. The number of Topliss-reactive ketones (excluding diaryl/α,β-unsaturated/α-hetero) is 1. The Morgan fingerprint density at radius 2 is 2.06 bits per heavy atom. The minimum absolute atomic E-state index is 0.00201. The molecule has 180 valence electrons. The fourth-order valence-corrected chi connectivity index (χ4v) is 7.23. The molecule has 0 fully saturated rings. The Hall–Kier alpha value is -2.87. The number of rotatable bonds is 3. The van der Waals surface area contributed by atoms with Gasteiger partial charge < -0.3 is 11.1 Å². The standard InChI is InChI=1S/C24H23ClN6O2S2/c1-5-34-22-30-29-21(35-22)31-15-8-23(3,4)9-16(32)17(15)24(13(10-26)19(31)27)12-6-7-14(25)11(2)18(12)28-20(24)33/h6-7H,5,8-9,27H2,1-4H3,(H,28,33)/t24-/m1/s1. The number of allylic oxidation sites excluding steroid dienone is 1. The predicted molar refractivity (Wildman–Crippen MR) is 137 cm³/mol. The molecular weight excluding hydrogens is 504 g/mol. The van der Waals surface area contributed by atoms with E-state index in [2.05, 4.69) is 21.6 Å². The maximum absolute atomic E-state index is 13.9. The highest BCUT2D eigenvalue weighted by molar-refractivity contribution is 8.01. The second kappa shape index (κ2) is 8.08. The number of nitrogens with zero attached hydrogens (tertiary/aromatic N) is 4. The maximum Gasteiger partial charge on any atom is 0.245 e. The Balaban J connectivity index is 1.86. The number of ketones is 1. The first-order chi connectivity index (χ1) is 16.6. The molecule has 1 atom stereocenters. The Morgan fingerprint density at radius 1 is 1.31 bits per heavy atom. The molecule has 0 unspecified atom stereocenters. The van der Waals surface area contributed by atoms with Crippen molar-refractivity contribution < 1.29 is 9.59 Å². The lowest BCUT2D eigenvalue weighted by Crippen LogP contribution is -2.52. The fraction of sp³-hybridized carbons (Fsp3) is 0.375. The van der Waals surface area contributed by atoms with Gasteiger partial charge in [-0.25, -0.2) is 0 Å². The largest absolute Gasteiger partial charge is 0.384 e. The van der Waals surface area contributed by atoms with E-state index in [0.717, 1.165) is 10.1 Å². The van der Waals surface area contributed by atoms with Crippen LogP contribution in [0.1, 0.15) is 44.7 Å². The molecule has 3 heterocycles. The van der Waals surface area contributed by atoms with Crippen LogP contribution in [0.25, 0.3) is 0 Å². The van der Waals surface area contributed by atoms with Crippen LogP contribution in [0.4, 0.5) is 10.8 Å². The summed E-state index contributed by atoms with van der Waals surface area (Å²) in [6.07, 6.45) is 0.711. The van der Waals surface area contributed by atoms with Gasteiger partial charge in [0.25, 0.3) is 0 Å². The molecule has 1 aromatic carbocycles. The van der Waals surface area contributed by atoms with E-state index in [-0.39, 0.29) is 34.6 Å². The van der Waals surface area contributed by atoms with Crippen molar-refractivity contribution in [3.63, 3.8) is 0 Å². The molecule has 0 saturated carbocycles. The van der Waals surface area contributed by atoms with Crippen LogP contribution >= 0.6 is 34.7 Å². The van der Waals surface area contributed by atoms with Gasteiger partial charge in [0.05, 0.1) is 11.3 Å². The highest BCUT2D eigenvalue weighted by Crippen LogP contribution is 2.58. The maximum atomic E-state index is 13.9. The van der Waals surface area contributed by atoms with Gasteiger partial charge in [-0.1, -0.05) is 61.5 Å². The van der Waals surface area contributed by atoms with Gasteiger partial charge in [0.2, 0.25) is 11.0 Å². The average Bonchev–Trinajstić information content (AvgIpc) is 3.34. The molecule has 3 N–H and O–H groups in total. The molecule has 1 spiro atoms. The van der Waals surface area contributed by atoms with Gasteiger partial charge in [-0.15, -0.1) is 10.2 Å². The van der Waals surface area contributed by atoms with E-state index in [1.807, 2.05) is 20.8 Å². The Labute approximate surface area is 216 Å². The summed E-state index contributed by atoms with van der Waals surface area (Å²) in [5.74, 6) is 0.239. The van der Waals surface area contributed by atoms with Crippen LogP contribution in [0.2, 0.25) is 5.02 Å². The molecule has 0 bridgehead atoms. The summed E-state index contributed by atoms with van der Waals surface area (Å²) >= 11 is 9.23. The monoisotopic (exact) mass is 526 g/mol. The van der Waals surface area contributed by atoms with Gasteiger partial charge in [-0.2, -0.15) is 5.26 Å². The summed E-state index contributed by atoms with van der Waals surface area (Å²) < 4.78 is 0.756. The molecule has 3 aliphatic rings. The van der Waals surface area contributed by atoms with Crippen LogP contribution in [0, 0.1) is 23.7 Å². The second-order valence-electron chi connectivity index (χ2n) is 9.55. The molecular formula is C24H23ClN6O2S2. The summed E-state index contributed by atoms with van der Waals surface area (Å²) in [4.78, 5) is 29.4. The highest BCUT2D eigenvalue weighted by Gasteiger charge is 2.61. The zero-order valence-corrected chi connectivity index (χ0v) is 22.0. The number of carbonyl (C=O) groups is 2. The number of carbonyl (C=O) groups excluding carboxylic acids is 2. The molecule has 2 aliphatic heterocycles. The number of halogens is 1. The number of hydrogen-bond donors (Lipinski definition) is 2. The zero-order chi connectivity index (χ0) is 25.3. The number of thioether (sulfide) groups is 1. The summed E-state index contributed by atoms with van der Waals surface area (Å²) in [6.45, 7) is 7.82. The summed E-state index contributed by atoms with van der Waals surface area (Å²) in [5, 5.41) is 22.8. The van der Waals surface area contributed by atoms with Crippen molar-refractivity contribution in [3.05, 3.63) is 50.9 Å². The minimum atomic E-state index is -1.64. The predicted octanol–water partition coefficient (Wildman–Crippen LogP) is 4.66. The molecule has 8 nitrogen and oxygen atoms in total. The van der Waals surface area contributed by atoms with Crippen LogP contribution < -0.4 is 16.0 Å². The van der Waals surface area contributed by atoms with Gasteiger partial charge in [0, 0.05) is 28.3 Å². The summed E-state index contributed by atoms with van der Waals surface area (Å²) in [5.41, 5.74) is 7.24. The van der Waals surface area contributed by atoms with Crippen LogP contribution in [0.3, 0.4) is 0 Å². The van der Waals surface area contributed by atoms with E-state index >= 15 is 0 Å². The average molecular weight is 527 g/mol. The first-order valence-electron chi connectivity index (χ1n) is 11.1. The lowest BCUT2D eigenvalue weighted by Gasteiger charge is -2.45. The van der Waals surface area contributed by atoms with Crippen molar-refractivity contribution in [2.24, 2.45) is 11.1 Å². The van der Waals surface area contributed by atoms with Gasteiger partial charge >= 0.3 is 0 Å². The number of anilines is 2. The number of nitrogens with one attached hydrogen (secondary N) is 1. The molecule has 35 heavy (non-hydrogen) atoms. The second-order valence-corrected chi connectivity index (χ2v) is 12.4. The van der Waals surface area contributed by atoms with Crippen LogP contribution in [0.5, 0.6) is 0 Å². The van der Waals surface area contributed by atoms with Crippen molar-refractivity contribution in [3.8, 4) is 6.07 Å². The van der Waals surface area contributed by atoms with E-state index in [0.29, 0.717) is 39.1 Å². The van der Waals surface area contributed by atoms with Gasteiger partial charge in [0.15, 0.2) is 10.1 Å². The SMILES string of the molecule is CCSc1nnc(N2C(N)=C(C#N)[C@@]3(C(=O)Nc4c3ccc(Cl)c4C)C3=C2CC(C)(C)CC3=O)s1. The molecule has 5 rings (SSSR count). The normalized spacial score (nSPS) is 22.9. The molecule has 1 aromatic heterocycles. The van der Waals surface area contributed by atoms with Crippen LogP contribution in [-0.4, -0.2) is 27.6 Å². The first-order valence-corrected chi connectivity index (χ1v) is 13.3. The molecule has 2 aromatic rings. The van der Waals surface area contributed by atoms with Gasteiger partial charge in [-0.05, 0) is 36.1 Å². The number of benzene rings is 1. The third-order valence-electron chi connectivity index (χ3n) is 6.72. The third kappa shape index (κ3) is 3.25. The Morgan fingerprint density at radius 3 is 2.74 bits per heavy atom. The Bertz CT molecular complexity index is 1420. The lowest BCUT2D eigenvalue weighted by atomic mass is 9.61. The lowest BCUT2D eigenvalue weighted by molar-refractivity contribution is -0.123. The van der Waals surface area contributed by atoms with Crippen LogP contribution in [0.15, 0.2) is 39.1 Å². The zero-order valence-electron chi connectivity index (χ0n) is 19.7. The fourth-order valence-electron chi connectivity index (χ4n) is 5.30. The van der Waals surface area contributed by atoms with Crippen molar-refractivity contribution in [2.45, 2.75) is 50.3 Å². The number of nitrogens with two attached hydrogens (primary N) is 1. The molecule has 1 aliphatic carbocycles. The number of amides is 1. The van der Waals surface area contributed by atoms with E-state index in [4.69, 9.17) is 17.3 Å². The number of nitriles is 1. The van der Waals surface area contributed by atoms with Crippen molar-refractivity contribution >= 4 is 57.2 Å². The van der Waals surface area contributed by atoms with E-state index < -0.39 is 11.3 Å². The quantitative estimate of drug-likeness (QED) is 0.553. The summed E-state index contributed by atoms with van der Waals surface area (Å²) in [7, 11) is 0. The van der Waals surface area contributed by atoms with Gasteiger partial charge in [0.1, 0.15) is 17.3 Å². The number of aromatic nitrogens is 2. The van der Waals surface area contributed by atoms with Gasteiger partial charge in [-0.3, -0.25) is 14.5 Å². The number of hydrogen-bond acceptors (Lipinski definition) is 9. The molecule has 11 heteroatoms. The highest BCUT2D eigenvalue weighted by atomic mass is 35.5. The van der Waals surface area contributed by atoms with E-state index in [1.165, 1.54) is 11.3 Å².